The maximum absolute atomic E-state index is 10.9. The first kappa shape index (κ1) is 28.8. The molecular weight excluding hydrogens is 408 g/mol. The molecule has 1 saturated heterocycles. The number of aliphatic carboxylic acids is 1. The second-order valence-corrected chi connectivity index (χ2v) is 9.54. The van der Waals surface area contributed by atoms with E-state index in [1.807, 2.05) is 0 Å². The van der Waals surface area contributed by atoms with Gasteiger partial charge in [-0.3, -0.25) is 14.3 Å². The van der Waals surface area contributed by atoms with Crippen LogP contribution in [0.25, 0.3) is 0 Å². The number of carboxylic acid groups (broad SMARTS) is 1. The minimum Gasteiger partial charge on any atom is -0.481 e. The number of carboxylic acids is 1. The second-order valence-electron chi connectivity index (χ2n) is 9.54. The van der Waals surface area contributed by atoms with Gasteiger partial charge in [0.2, 0.25) is 0 Å². The summed E-state index contributed by atoms with van der Waals surface area (Å²) in [6, 6.07) is 0. The standard InChI is InChI=1S/C26H45O6/c1-20(2)9-7-11-22(5)15-17-29-26(31-19-24(32-26)13-14-25(27)28)30-18-16-23(6)12-8-10-21(3)4/h9-10,19,22-24H,7-8,11-18H2,1-6H3,(H,27,28). The van der Waals surface area contributed by atoms with E-state index in [1.54, 1.807) is 0 Å². The van der Waals surface area contributed by atoms with Crippen molar-refractivity contribution >= 4 is 5.97 Å². The largest absolute Gasteiger partial charge is 0.481 e. The fraction of sp³-hybridized carbons (Fsp3) is 0.769. The molecule has 0 spiro atoms. The van der Waals surface area contributed by atoms with Gasteiger partial charge in [-0.25, -0.2) is 0 Å². The molecule has 6 nitrogen and oxygen atoms in total. The maximum atomic E-state index is 10.9. The molecule has 0 amide bonds. The lowest BCUT2D eigenvalue weighted by Gasteiger charge is -2.28. The van der Waals surface area contributed by atoms with Gasteiger partial charge in [-0.05, 0) is 84.5 Å². The first-order valence-electron chi connectivity index (χ1n) is 12.1. The van der Waals surface area contributed by atoms with Crippen LogP contribution in [0.2, 0.25) is 0 Å². The van der Waals surface area contributed by atoms with Crippen molar-refractivity contribution in [3.63, 3.8) is 0 Å². The van der Waals surface area contributed by atoms with Crippen LogP contribution in [-0.2, 0) is 23.7 Å². The van der Waals surface area contributed by atoms with Crippen molar-refractivity contribution in [2.24, 2.45) is 11.8 Å². The van der Waals surface area contributed by atoms with Crippen molar-refractivity contribution < 1.29 is 28.8 Å². The van der Waals surface area contributed by atoms with Gasteiger partial charge >= 0.3 is 12.1 Å². The predicted octanol–water partition coefficient (Wildman–Crippen LogP) is 6.62. The molecule has 6 heteroatoms. The highest BCUT2D eigenvalue weighted by atomic mass is 17.0. The van der Waals surface area contributed by atoms with E-state index in [4.69, 9.17) is 24.1 Å². The van der Waals surface area contributed by atoms with Crippen molar-refractivity contribution in [1.82, 2.24) is 0 Å². The van der Waals surface area contributed by atoms with Crippen molar-refractivity contribution in [1.29, 1.82) is 0 Å². The summed E-state index contributed by atoms with van der Waals surface area (Å²) >= 11 is 0. The van der Waals surface area contributed by atoms with Crippen molar-refractivity contribution in [2.45, 2.75) is 105 Å². The topological polar surface area (TPSA) is 74.2 Å². The third-order valence-electron chi connectivity index (χ3n) is 5.51. The lowest BCUT2D eigenvalue weighted by atomic mass is 10.0. The molecule has 32 heavy (non-hydrogen) atoms. The Morgan fingerprint density at radius 3 is 1.91 bits per heavy atom. The summed E-state index contributed by atoms with van der Waals surface area (Å²) in [7, 11) is 0. The van der Waals surface area contributed by atoms with E-state index in [-0.39, 0.29) is 6.42 Å². The zero-order valence-electron chi connectivity index (χ0n) is 21.0. The quantitative estimate of drug-likeness (QED) is 0.197. The van der Waals surface area contributed by atoms with E-state index in [1.165, 1.54) is 17.8 Å². The van der Waals surface area contributed by atoms with Gasteiger partial charge < -0.3 is 14.6 Å². The fourth-order valence-corrected chi connectivity index (χ4v) is 3.34. The highest BCUT2D eigenvalue weighted by molar-refractivity contribution is 5.66. The number of rotatable bonds is 17. The van der Waals surface area contributed by atoms with Gasteiger partial charge in [0, 0.05) is 6.42 Å². The molecule has 0 aromatic rings. The first-order valence-corrected chi connectivity index (χ1v) is 12.1. The smallest absolute Gasteiger partial charge is 0.413 e. The number of carbonyl (C=O) groups is 1. The zero-order chi connectivity index (χ0) is 24.0. The van der Waals surface area contributed by atoms with Gasteiger partial charge in [-0.2, -0.15) is 0 Å². The van der Waals surface area contributed by atoms with Gasteiger partial charge in [0.05, 0.1) is 19.3 Å². The average Bonchev–Trinajstić information content (AvgIpc) is 3.09. The lowest BCUT2D eigenvalue weighted by Crippen LogP contribution is -2.39. The minimum absolute atomic E-state index is 0.00337. The van der Waals surface area contributed by atoms with Gasteiger partial charge in [0.15, 0.2) is 0 Å². The van der Waals surface area contributed by atoms with E-state index in [0.717, 1.165) is 38.5 Å². The molecule has 0 saturated carbocycles. The van der Waals surface area contributed by atoms with E-state index in [2.05, 4.69) is 53.7 Å². The highest BCUT2D eigenvalue weighted by Crippen LogP contribution is 2.32. The van der Waals surface area contributed by atoms with Crippen LogP contribution < -0.4 is 0 Å². The fourth-order valence-electron chi connectivity index (χ4n) is 3.34. The van der Waals surface area contributed by atoms with Gasteiger partial charge in [-0.15, -0.1) is 0 Å². The van der Waals surface area contributed by atoms with Crippen LogP contribution in [0.5, 0.6) is 0 Å². The van der Waals surface area contributed by atoms with Gasteiger partial charge in [0.1, 0.15) is 6.61 Å². The Hall–Kier alpha value is -1.21. The lowest BCUT2D eigenvalue weighted by molar-refractivity contribution is -0.465. The Balaban J connectivity index is 2.52. The number of ether oxygens (including phenoxy) is 4. The summed E-state index contributed by atoms with van der Waals surface area (Å²) in [4.78, 5) is 10.9. The van der Waals surface area contributed by atoms with E-state index < -0.39 is 18.2 Å². The minimum atomic E-state index is -1.57. The third-order valence-corrected chi connectivity index (χ3v) is 5.51. The van der Waals surface area contributed by atoms with Crippen LogP contribution in [-0.4, -0.2) is 36.6 Å². The summed E-state index contributed by atoms with van der Waals surface area (Å²) in [6.07, 6.45) is 8.87. The Morgan fingerprint density at radius 1 is 0.969 bits per heavy atom. The summed E-state index contributed by atoms with van der Waals surface area (Å²) in [5, 5.41) is 8.94. The Morgan fingerprint density at radius 2 is 1.47 bits per heavy atom. The molecule has 1 aliphatic heterocycles. The Labute approximate surface area is 195 Å². The molecule has 1 rings (SSSR count). The molecule has 0 aromatic carbocycles. The molecule has 0 aliphatic carbocycles. The Kier molecular flexibility index (Phi) is 14.0. The number of hydrogen-bond acceptors (Lipinski definition) is 5. The molecule has 0 bridgehead atoms. The zero-order valence-corrected chi connectivity index (χ0v) is 21.0. The summed E-state index contributed by atoms with van der Waals surface area (Å²) < 4.78 is 23.5. The van der Waals surface area contributed by atoms with Crippen LogP contribution in [0, 0.1) is 18.4 Å². The van der Waals surface area contributed by atoms with Crippen LogP contribution >= 0.6 is 0 Å². The maximum Gasteiger partial charge on any atom is 0.413 e. The molecular formula is C26H45O6. The van der Waals surface area contributed by atoms with Crippen molar-refractivity contribution in [3.05, 3.63) is 29.9 Å². The monoisotopic (exact) mass is 453 g/mol. The Bertz CT molecular complexity index is 555. The van der Waals surface area contributed by atoms with Crippen LogP contribution in [0.4, 0.5) is 0 Å². The van der Waals surface area contributed by atoms with Gasteiger partial charge in [0.25, 0.3) is 0 Å². The molecule has 0 aromatic heterocycles. The molecule has 1 N–H and O–H groups in total. The van der Waals surface area contributed by atoms with Crippen LogP contribution in [0.1, 0.15) is 92.9 Å². The predicted molar refractivity (Wildman–Crippen MR) is 127 cm³/mol. The highest BCUT2D eigenvalue weighted by Gasteiger charge is 2.45. The molecule has 3 atom stereocenters. The normalized spacial score (nSPS) is 22.4. The first-order chi connectivity index (χ1) is 15.1. The molecule has 1 fully saturated rings. The molecule has 1 radical (unpaired) electrons. The van der Waals surface area contributed by atoms with E-state index in [9.17, 15) is 4.79 Å². The van der Waals surface area contributed by atoms with Crippen LogP contribution in [0.3, 0.4) is 0 Å². The number of hydrogen-bond donors (Lipinski definition) is 1. The van der Waals surface area contributed by atoms with Crippen LogP contribution in [0.15, 0.2) is 23.3 Å². The molecule has 1 heterocycles. The second kappa shape index (κ2) is 15.6. The summed E-state index contributed by atoms with van der Waals surface area (Å²) in [5.74, 6) is 0.147. The van der Waals surface area contributed by atoms with Gasteiger partial charge in [-0.1, -0.05) is 37.1 Å². The van der Waals surface area contributed by atoms with E-state index >= 15 is 0 Å². The summed E-state index contributed by atoms with van der Waals surface area (Å²) in [5.41, 5.74) is 2.68. The van der Waals surface area contributed by atoms with Crippen molar-refractivity contribution in [3.8, 4) is 0 Å². The van der Waals surface area contributed by atoms with E-state index in [0.29, 0.717) is 31.5 Å². The third kappa shape index (κ3) is 13.4. The number of allylic oxidation sites excluding steroid dienone is 4. The molecule has 1 aliphatic rings. The average molecular weight is 454 g/mol. The summed E-state index contributed by atoms with van der Waals surface area (Å²) in [6.45, 7) is 15.3. The molecule has 3 unspecified atom stereocenters. The van der Waals surface area contributed by atoms with Crippen molar-refractivity contribution in [2.75, 3.05) is 13.2 Å². The molecule has 185 valence electrons. The SMILES string of the molecule is CC(C)=CCCC(C)CCOC1(OCCC(C)CCC=C(C)C)O[CH]C(CCC(=O)O)O1.